The summed E-state index contributed by atoms with van der Waals surface area (Å²) in [5.41, 5.74) is 0. The second kappa shape index (κ2) is 16.0. The Labute approximate surface area is 163 Å². The fourth-order valence-corrected chi connectivity index (χ4v) is 3.96. The van der Waals surface area contributed by atoms with E-state index in [0.29, 0.717) is 18.8 Å². The van der Waals surface area contributed by atoms with E-state index in [1.54, 1.807) is 11.8 Å². The van der Waals surface area contributed by atoms with E-state index in [4.69, 9.17) is 4.74 Å². The van der Waals surface area contributed by atoms with E-state index in [0.717, 1.165) is 50.0 Å². The van der Waals surface area contributed by atoms with E-state index >= 15 is 0 Å². The van der Waals surface area contributed by atoms with Crippen LogP contribution in [0.15, 0.2) is 22.8 Å². The summed E-state index contributed by atoms with van der Waals surface area (Å²) in [6.45, 7) is 8.01. The van der Waals surface area contributed by atoms with Crippen LogP contribution in [0.25, 0.3) is 0 Å². The molecule has 0 aliphatic heterocycles. The molecule has 1 aliphatic rings. The number of carbonyl (C=O) groups is 2. The number of hydrogen-bond donors (Lipinski definition) is 0. The fourth-order valence-electron chi connectivity index (χ4n) is 2.68. The Bertz CT molecular complexity index is 469. The van der Waals surface area contributed by atoms with Crippen LogP contribution >= 0.6 is 11.8 Å². The van der Waals surface area contributed by atoms with Crippen molar-refractivity contribution in [3.8, 4) is 0 Å². The predicted octanol–water partition coefficient (Wildman–Crippen LogP) is 6.02. The summed E-state index contributed by atoms with van der Waals surface area (Å²) in [7, 11) is 1.42. The Morgan fingerprint density at radius 2 is 1.88 bits per heavy atom. The van der Waals surface area contributed by atoms with Gasteiger partial charge in [0, 0.05) is 30.1 Å². The lowest BCUT2D eigenvalue weighted by Crippen LogP contribution is -2.04. The third kappa shape index (κ3) is 10.0. The average Bonchev–Trinajstić information content (AvgIpc) is 3.01. The first-order chi connectivity index (χ1) is 12.6. The van der Waals surface area contributed by atoms with E-state index in [1.807, 2.05) is 27.7 Å². The maximum absolute atomic E-state index is 11.8. The Hall–Kier alpha value is -1.23. The number of esters is 2. The predicted molar refractivity (Wildman–Crippen MR) is 110 cm³/mol. The molecule has 0 spiro atoms. The molecule has 1 unspecified atom stereocenters. The van der Waals surface area contributed by atoms with Gasteiger partial charge in [-0.25, -0.2) is 0 Å². The van der Waals surface area contributed by atoms with Crippen molar-refractivity contribution in [2.45, 2.75) is 79.1 Å². The molecule has 0 N–H and O–H groups in total. The molecule has 0 radical (unpaired) electrons. The van der Waals surface area contributed by atoms with Crippen LogP contribution in [-0.2, 0) is 19.1 Å². The van der Waals surface area contributed by atoms with Crippen LogP contribution in [0.3, 0.4) is 0 Å². The fraction of sp³-hybridized carbons (Fsp3) is 0.714. The van der Waals surface area contributed by atoms with E-state index in [9.17, 15) is 9.59 Å². The maximum atomic E-state index is 11.8. The first-order valence-electron chi connectivity index (χ1n) is 9.88. The summed E-state index contributed by atoms with van der Waals surface area (Å²) >= 11 is 1.80. The standard InChI is InChI=1S/C19H30O4S.C2H6/c1-4-9-15-12-13-16(23-18(21)10-5-2)19(15)24-14-8-6-7-11-17(20)22-3;1-2/h4,9,15H,5-8,10-14H2,1-3H3;1-2H3/b9-4+;. The molecule has 5 heteroatoms. The highest BCUT2D eigenvalue weighted by Crippen LogP contribution is 2.41. The summed E-state index contributed by atoms with van der Waals surface area (Å²) in [4.78, 5) is 24.1. The lowest BCUT2D eigenvalue weighted by molar-refractivity contribution is -0.141. The van der Waals surface area contributed by atoms with Gasteiger partial charge in [0.25, 0.3) is 0 Å². The normalized spacial score (nSPS) is 16.4. The minimum absolute atomic E-state index is 0.121. The number of thioether (sulfide) groups is 1. The molecule has 0 aromatic heterocycles. The largest absolute Gasteiger partial charge is 0.469 e. The number of unbranched alkanes of at least 4 members (excludes halogenated alkanes) is 2. The second-order valence-corrected chi connectivity index (χ2v) is 7.05. The molecular formula is C21H36O4S. The monoisotopic (exact) mass is 384 g/mol. The van der Waals surface area contributed by atoms with Gasteiger partial charge in [0.2, 0.25) is 0 Å². The SMILES string of the molecule is C/C=C/C1CCC(OC(=O)CCC)=C1SCCCCCC(=O)OC.CC. The first-order valence-corrected chi connectivity index (χ1v) is 10.9. The van der Waals surface area contributed by atoms with Crippen LogP contribution in [0.1, 0.15) is 79.1 Å². The smallest absolute Gasteiger partial charge is 0.310 e. The van der Waals surface area contributed by atoms with Crippen LogP contribution in [0.2, 0.25) is 0 Å². The molecule has 0 aromatic rings. The zero-order valence-electron chi connectivity index (χ0n) is 17.1. The number of methoxy groups -OCH3 is 1. The summed E-state index contributed by atoms with van der Waals surface area (Å²) in [5.74, 6) is 1.97. The molecule has 1 atom stereocenters. The van der Waals surface area contributed by atoms with E-state index in [-0.39, 0.29) is 11.9 Å². The van der Waals surface area contributed by atoms with Crippen LogP contribution in [0.4, 0.5) is 0 Å². The van der Waals surface area contributed by atoms with Crippen molar-refractivity contribution in [2.75, 3.05) is 12.9 Å². The molecule has 1 aliphatic carbocycles. The van der Waals surface area contributed by atoms with Crippen LogP contribution in [0.5, 0.6) is 0 Å². The molecule has 0 heterocycles. The summed E-state index contributed by atoms with van der Waals surface area (Å²) in [6, 6.07) is 0. The number of allylic oxidation sites excluding steroid dienone is 4. The summed E-state index contributed by atoms with van der Waals surface area (Å²) in [6.07, 6.45) is 10.8. The highest BCUT2D eigenvalue weighted by molar-refractivity contribution is 8.03. The molecule has 26 heavy (non-hydrogen) atoms. The van der Waals surface area contributed by atoms with E-state index < -0.39 is 0 Å². The zero-order chi connectivity index (χ0) is 19.8. The van der Waals surface area contributed by atoms with Crippen molar-refractivity contribution >= 4 is 23.7 Å². The molecule has 0 aromatic carbocycles. The highest BCUT2D eigenvalue weighted by Gasteiger charge is 2.26. The molecule has 1 rings (SSSR count). The molecule has 0 amide bonds. The van der Waals surface area contributed by atoms with Gasteiger partial charge in [0.1, 0.15) is 5.76 Å². The van der Waals surface area contributed by atoms with Crippen LogP contribution < -0.4 is 0 Å². The summed E-state index contributed by atoms with van der Waals surface area (Å²) < 4.78 is 10.2. The van der Waals surface area contributed by atoms with Gasteiger partial charge in [0.05, 0.1) is 7.11 Å². The first kappa shape index (κ1) is 24.8. The molecular weight excluding hydrogens is 348 g/mol. The Balaban J connectivity index is 0.00000301. The second-order valence-electron chi connectivity index (χ2n) is 5.92. The van der Waals surface area contributed by atoms with Gasteiger partial charge >= 0.3 is 11.9 Å². The van der Waals surface area contributed by atoms with Gasteiger partial charge in [-0.05, 0) is 38.4 Å². The Morgan fingerprint density at radius 3 is 2.50 bits per heavy atom. The van der Waals surface area contributed by atoms with Gasteiger partial charge in [-0.3, -0.25) is 9.59 Å². The Kier molecular flexibility index (Phi) is 15.2. The van der Waals surface area contributed by atoms with Crippen molar-refractivity contribution in [1.82, 2.24) is 0 Å². The lowest BCUT2D eigenvalue weighted by Gasteiger charge is -2.12. The number of carbonyl (C=O) groups excluding carboxylic acids is 2. The van der Waals surface area contributed by atoms with Crippen molar-refractivity contribution < 1.29 is 19.1 Å². The lowest BCUT2D eigenvalue weighted by atomic mass is 10.1. The van der Waals surface area contributed by atoms with Crippen molar-refractivity contribution in [1.29, 1.82) is 0 Å². The van der Waals surface area contributed by atoms with Gasteiger partial charge < -0.3 is 9.47 Å². The molecule has 150 valence electrons. The number of hydrogen-bond acceptors (Lipinski definition) is 5. The minimum atomic E-state index is -0.139. The number of ether oxygens (including phenoxy) is 2. The third-order valence-corrected chi connectivity index (χ3v) is 5.25. The third-order valence-electron chi connectivity index (χ3n) is 3.92. The average molecular weight is 385 g/mol. The topological polar surface area (TPSA) is 52.6 Å². The molecule has 0 fully saturated rings. The number of rotatable bonds is 11. The van der Waals surface area contributed by atoms with Crippen molar-refractivity contribution in [2.24, 2.45) is 5.92 Å². The van der Waals surface area contributed by atoms with E-state index in [2.05, 4.69) is 16.9 Å². The van der Waals surface area contributed by atoms with Crippen LogP contribution in [0, 0.1) is 5.92 Å². The van der Waals surface area contributed by atoms with E-state index in [1.165, 1.54) is 12.0 Å². The maximum Gasteiger partial charge on any atom is 0.310 e. The molecule has 0 saturated carbocycles. The van der Waals surface area contributed by atoms with Crippen molar-refractivity contribution in [3.05, 3.63) is 22.8 Å². The van der Waals surface area contributed by atoms with Gasteiger partial charge in [0.15, 0.2) is 0 Å². The van der Waals surface area contributed by atoms with Crippen LogP contribution in [-0.4, -0.2) is 24.8 Å². The molecule has 0 saturated heterocycles. The zero-order valence-corrected chi connectivity index (χ0v) is 18.0. The van der Waals surface area contributed by atoms with Gasteiger partial charge in [-0.2, -0.15) is 0 Å². The highest BCUT2D eigenvalue weighted by atomic mass is 32.2. The minimum Gasteiger partial charge on any atom is -0.469 e. The Morgan fingerprint density at radius 1 is 1.15 bits per heavy atom. The van der Waals surface area contributed by atoms with Gasteiger partial charge in [-0.1, -0.05) is 39.3 Å². The molecule has 0 bridgehead atoms. The quantitative estimate of drug-likeness (QED) is 0.248. The molecule has 4 nitrogen and oxygen atoms in total. The van der Waals surface area contributed by atoms with Crippen molar-refractivity contribution in [3.63, 3.8) is 0 Å². The summed E-state index contributed by atoms with van der Waals surface area (Å²) in [5, 5.41) is 0. The van der Waals surface area contributed by atoms with Gasteiger partial charge in [-0.15, -0.1) is 11.8 Å².